The topological polar surface area (TPSA) is 66.6 Å². The summed E-state index contributed by atoms with van der Waals surface area (Å²) >= 11 is 0. The summed E-state index contributed by atoms with van der Waals surface area (Å²) in [6.45, 7) is 3.94. The fourth-order valence-corrected chi connectivity index (χ4v) is 2.16. The Hall–Kier alpha value is -2.11. The van der Waals surface area contributed by atoms with Crippen molar-refractivity contribution in [1.29, 1.82) is 0 Å². The second-order valence-corrected chi connectivity index (χ2v) is 4.93. The predicted molar refractivity (Wildman–Crippen MR) is 85.6 cm³/mol. The third kappa shape index (κ3) is 4.44. The lowest BCUT2D eigenvalue weighted by atomic mass is 10.2. The zero-order valence-corrected chi connectivity index (χ0v) is 12.8. The molecule has 6 nitrogen and oxygen atoms in total. The molecule has 21 heavy (non-hydrogen) atoms. The van der Waals surface area contributed by atoms with Crippen LogP contribution in [0.15, 0.2) is 29.4 Å². The summed E-state index contributed by atoms with van der Waals surface area (Å²) in [5.41, 5.74) is 0.884. The largest absolute Gasteiger partial charge is 0.356 e. The van der Waals surface area contributed by atoms with Gasteiger partial charge in [-0.25, -0.2) is 0 Å². The molecule has 0 amide bonds. The molecule has 2 N–H and O–H groups in total. The fraction of sp³-hybridized carbons (Fsp3) is 0.533. The maximum atomic E-state index is 4.22. The minimum atomic E-state index is 0.781. The molecule has 0 saturated carbocycles. The Kier molecular flexibility index (Phi) is 5.99. The fourth-order valence-electron chi connectivity index (χ4n) is 2.16. The van der Waals surface area contributed by atoms with E-state index in [2.05, 4.69) is 32.7 Å². The number of fused-ring (bicyclic) bond motifs is 1. The van der Waals surface area contributed by atoms with E-state index in [0.717, 1.165) is 36.9 Å². The predicted octanol–water partition coefficient (Wildman–Crippen LogP) is 1.63. The van der Waals surface area contributed by atoms with Gasteiger partial charge in [-0.15, -0.1) is 10.2 Å². The van der Waals surface area contributed by atoms with Crippen LogP contribution in [0.4, 0.5) is 0 Å². The van der Waals surface area contributed by atoms with Gasteiger partial charge in [0.15, 0.2) is 11.6 Å². The first-order chi connectivity index (χ1) is 10.3. The van der Waals surface area contributed by atoms with Crippen LogP contribution in [0.5, 0.6) is 0 Å². The molecule has 0 bridgehead atoms. The van der Waals surface area contributed by atoms with Gasteiger partial charge in [-0.3, -0.25) is 9.39 Å². The van der Waals surface area contributed by atoms with Crippen molar-refractivity contribution in [3.8, 4) is 0 Å². The molecule has 2 heterocycles. The normalized spacial score (nSPS) is 11.8. The summed E-state index contributed by atoms with van der Waals surface area (Å²) in [6, 6.07) is 5.91. The van der Waals surface area contributed by atoms with Crippen molar-refractivity contribution in [2.45, 2.75) is 32.6 Å². The quantitative estimate of drug-likeness (QED) is 0.462. The molecule has 0 fully saturated rings. The van der Waals surface area contributed by atoms with E-state index in [-0.39, 0.29) is 0 Å². The number of pyridine rings is 1. The third-order valence-electron chi connectivity index (χ3n) is 3.32. The highest BCUT2D eigenvalue weighted by molar-refractivity contribution is 5.79. The Bertz CT molecular complexity index is 574. The number of aromatic nitrogens is 3. The number of nitrogens with zero attached hydrogens (tertiary/aromatic N) is 4. The number of guanidine groups is 1. The molecule has 0 atom stereocenters. The summed E-state index contributed by atoms with van der Waals surface area (Å²) in [6.07, 6.45) is 6.44. The number of hydrogen-bond donors (Lipinski definition) is 2. The van der Waals surface area contributed by atoms with Crippen LogP contribution in [0.1, 0.15) is 32.0 Å². The van der Waals surface area contributed by atoms with Crippen LogP contribution in [0, 0.1) is 0 Å². The number of hydrogen-bond acceptors (Lipinski definition) is 3. The Morgan fingerprint density at radius 1 is 1.19 bits per heavy atom. The van der Waals surface area contributed by atoms with Gasteiger partial charge >= 0.3 is 0 Å². The van der Waals surface area contributed by atoms with Gasteiger partial charge in [0.25, 0.3) is 0 Å². The molecule has 0 aliphatic rings. The maximum absolute atomic E-state index is 4.22. The molecule has 6 heteroatoms. The van der Waals surface area contributed by atoms with E-state index in [0.29, 0.717) is 0 Å². The number of rotatable bonds is 7. The van der Waals surface area contributed by atoms with Gasteiger partial charge in [0, 0.05) is 32.8 Å². The van der Waals surface area contributed by atoms with E-state index in [4.69, 9.17) is 0 Å². The van der Waals surface area contributed by atoms with Crippen LogP contribution in [0.2, 0.25) is 0 Å². The highest BCUT2D eigenvalue weighted by Crippen LogP contribution is 2.02. The average Bonchev–Trinajstić information content (AvgIpc) is 2.93. The number of unbranched alkanes of at least 4 members (excludes halogenated alkanes) is 2. The lowest BCUT2D eigenvalue weighted by Gasteiger charge is -2.11. The first-order valence-corrected chi connectivity index (χ1v) is 7.58. The molecule has 2 rings (SSSR count). The number of nitrogens with one attached hydrogen (secondary N) is 2. The molecule has 0 aromatic carbocycles. The molecular formula is C15H24N6. The maximum Gasteiger partial charge on any atom is 0.190 e. The molecular weight excluding hydrogens is 264 g/mol. The van der Waals surface area contributed by atoms with Crippen molar-refractivity contribution in [3.05, 3.63) is 30.2 Å². The molecule has 0 spiro atoms. The minimum Gasteiger partial charge on any atom is -0.356 e. The van der Waals surface area contributed by atoms with Crippen molar-refractivity contribution in [2.24, 2.45) is 4.99 Å². The van der Waals surface area contributed by atoms with Gasteiger partial charge in [0.2, 0.25) is 0 Å². The average molecular weight is 288 g/mol. The van der Waals surface area contributed by atoms with Crippen molar-refractivity contribution in [2.75, 3.05) is 20.1 Å². The van der Waals surface area contributed by atoms with Gasteiger partial charge in [0.05, 0.1) is 0 Å². The minimum absolute atomic E-state index is 0.781. The summed E-state index contributed by atoms with van der Waals surface area (Å²) in [4.78, 5) is 4.22. The van der Waals surface area contributed by atoms with Crippen LogP contribution < -0.4 is 10.6 Å². The monoisotopic (exact) mass is 288 g/mol. The lowest BCUT2D eigenvalue weighted by molar-refractivity contribution is 0.680. The standard InChI is InChI=1S/C15H24N6/c1-3-4-6-10-17-15(16-2)18-11-9-14-20-19-13-8-5-7-12-21(13)14/h5,7-8,12H,3-4,6,9-11H2,1-2H3,(H2,16,17,18). The van der Waals surface area contributed by atoms with Gasteiger partial charge in [-0.2, -0.15) is 0 Å². The molecule has 0 saturated heterocycles. The van der Waals surface area contributed by atoms with E-state index in [1.807, 2.05) is 28.8 Å². The summed E-state index contributed by atoms with van der Waals surface area (Å²) in [7, 11) is 1.79. The first kappa shape index (κ1) is 15.3. The van der Waals surface area contributed by atoms with E-state index in [9.17, 15) is 0 Å². The van der Waals surface area contributed by atoms with Gasteiger partial charge < -0.3 is 10.6 Å². The summed E-state index contributed by atoms with van der Waals surface area (Å²) in [5.74, 6) is 1.81. The Balaban J connectivity index is 1.77. The van der Waals surface area contributed by atoms with Crippen LogP contribution in [0.25, 0.3) is 5.65 Å². The van der Waals surface area contributed by atoms with Crippen LogP contribution in [-0.4, -0.2) is 40.7 Å². The van der Waals surface area contributed by atoms with E-state index < -0.39 is 0 Å². The van der Waals surface area contributed by atoms with Gasteiger partial charge in [-0.1, -0.05) is 25.8 Å². The van der Waals surface area contributed by atoms with Gasteiger partial charge in [0.1, 0.15) is 5.82 Å². The zero-order chi connectivity index (χ0) is 14.9. The van der Waals surface area contributed by atoms with E-state index in [1.165, 1.54) is 19.3 Å². The first-order valence-electron chi connectivity index (χ1n) is 7.58. The highest BCUT2D eigenvalue weighted by Gasteiger charge is 2.04. The third-order valence-corrected chi connectivity index (χ3v) is 3.32. The lowest BCUT2D eigenvalue weighted by Crippen LogP contribution is -2.38. The second-order valence-electron chi connectivity index (χ2n) is 4.93. The molecule has 2 aromatic rings. The molecule has 2 aromatic heterocycles. The molecule has 0 radical (unpaired) electrons. The summed E-state index contributed by atoms with van der Waals surface area (Å²) < 4.78 is 2.01. The van der Waals surface area contributed by atoms with Crippen LogP contribution in [0.3, 0.4) is 0 Å². The second kappa shape index (κ2) is 8.24. The van der Waals surface area contributed by atoms with Gasteiger partial charge in [-0.05, 0) is 18.6 Å². The SMILES string of the molecule is CCCCCNC(=NC)NCCc1nnc2ccccn12. The van der Waals surface area contributed by atoms with E-state index >= 15 is 0 Å². The molecule has 114 valence electrons. The number of aliphatic imine (C=N–C) groups is 1. The molecule has 0 aliphatic heterocycles. The highest BCUT2D eigenvalue weighted by atomic mass is 15.2. The smallest absolute Gasteiger partial charge is 0.190 e. The molecule has 0 aliphatic carbocycles. The molecule has 0 unspecified atom stereocenters. The Morgan fingerprint density at radius 3 is 2.86 bits per heavy atom. The van der Waals surface area contributed by atoms with Crippen molar-refractivity contribution in [3.63, 3.8) is 0 Å². The summed E-state index contributed by atoms with van der Waals surface area (Å²) in [5, 5.41) is 15.0. The van der Waals surface area contributed by atoms with Crippen molar-refractivity contribution < 1.29 is 0 Å². The van der Waals surface area contributed by atoms with Crippen LogP contribution in [-0.2, 0) is 6.42 Å². The van der Waals surface area contributed by atoms with Crippen LogP contribution >= 0.6 is 0 Å². The Labute approximate surface area is 125 Å². The van der Waals surface area contributed by atoms with E-state index in [1.54, 1.807) is 7.05 Å². The van der Waals surface area contributed by atoms with Crippen molar-refractivity contribution >= 4 is 11.6 Å². The van der Waals surface area contributed by atoms with Crippen molar-refractivity contribution in [1.82, 2.24) is 25.2 Å². The zero-order valence-electron chi connectivity index (χ0n) is 12.8. The Morgan fingerprint density at radius 2 is 2.05 bits per heavy atom.